The van der Waals surface area contributed by atoms with Gasteiger partial charge in [-0.05, 0) is 53.8 Å². The molecule has 0 atom stereocenters. The van der Waals surface area contributed by atoms with E-state index in [9.17, 15) is 13.2 Å². The van der Waals surface area contributed by atoms with Crippen LogP contribution in [0.5, 0.6) is 0 Å². The third-order valence-electron chi connectivity index (χ3n) is 6.42. The lowest BCUT2D eigenvalue weighted by atomic mass is 9.93. The Morgan fingerprint density at radius 2 is 1.59 bits per heavy atom. The number of amides is 1. The number of nitrogens with two attached hydrogens (primary N) is 1. The Kier molecular flexibility index (Phi) is 6.60. The summed E-state index contributed by atoms with van der Waals surface area (Å²) in [6.07, 6.45) is 2.14. The number of piperazine rings is 1. The predicted octanol–water partition coefficient (Wildman–Crippen LogP) is 2.32. The van der Waals surface area contributed by atoms with E-state index in [4.69, 9.17) is 22.7 Å². The van der Waals surface area contributed by atoms with Crippen molar-refractivity contribution >= 4 is 44.3 Å². The molecule has 0 aromatic heterocycles. The first-order chi connectivity index (χ1) is 15.2. The van der Waals surface area contributed by atoms with Gasteiger partial charge in [-0.1, -0.05) is 23.7 Å². The Bertz CT molecular complexity index is 1120. The van der Waals surface area contributed by atoms with Crippen molar-refractivity contribution in [3.63, 3.8) is 0 Å². The predicted molar refractivity (Wildman–Crippen MR) is 125 cm³/mol. The van der Waals surface area contributed by atoms with Crippen molar-refractivity contribution in [3.8, 4) is 0 Å². The van der Waals surface area contributed by atoms with E-state index in [2.05, 4.69) is 0 Å². The topological polar surface area (TPSA) is 111 Å². The van der Waals surface area contributed by atoms with Crippen molar-refractivity contribution in [3.05, 3.63) is 41.4 Å². The molecule has 8 nitrogen and oxygen atoms in total. The first kappa shape index (κ1) is 22.8. The molecule has 2 heterocycles. The molecule has 0 unspecified atom stereocenters. The van der Waals surface area contributed by atoms with Crippen molar-refractivity contribution in [2.45, 2.75) is 24.2 Å². The number of carbonyl (C=O) groups is 1. The number of sulfonamides is 1. The van der Waals surface area contributed by atoms with Gasteiger partial charge in [0.05, 0.1) is 4.90 Å². The lowest BCUT2D eigenvalue weighted by Gasteiger charge is -2.36. The molecule has 32 heavy (non-hydrogen) atoms. The summed E-state index contributed by atoms with van der Waals surface area (Å²) >= 11 is 6.02. The van der Waals surface area contributed by atoms with Crippen LogP contribution >= 0.6 is 11.6 Å². The van der Waals surface area contributed by atoms with Gasteiger partial charge in [-0.25, -0.2) is 8.42 Å². The third kappa shape index (κ3) is 4.84. The molecule has 0 spiro atoms. The highest BCUT2D eigenvalue weighted by atomic mass is 35.5. The van der Waals surface area contributed by atoms with E-state index in [1.54, 1.807) is 29.2 Å². The Morgan fingerprint density at radius 1 is 0.969 bits per heavy atom. The van der Waals surface area contributed by atoms with Gasteiger partial charge in [-0.2, -0.15) is 4.31 Å². The Morgan fingerprint density at radius 3 is 2.25 bits per heavy atom. The van der Waals surface area contributed by atoms with Crippen LogP contribution < -0.4 is 5.73 Å². The number of benzene rings is 2. The van der Waals surface area contributed by atoms with Gasteiger partial charge in [0.1, 0.15) is 0 Å². The van der Waals surface area contributed by atoms with E-state index in [0.717, 1.165) is 23.6 Å². The minimum Gasteiger partial charge on any atom is -0.370 e. The summed E-state index contributed by atoms with van der Waals surface area (Å²) in [6, 6.07) is 10.4. The van der Waals surface area contributed by atoms with Crippen LogP contribution in [0.1, 0.15) is 19.3 Å². The van der Waals surface area contributed by atoms with E-state index < -0.39 is 10.0 Å². The number of carbonyl (C=O) groups excluding carboxylic acids is 1. The molecule has 2 saturated heterocycles. The minimum atomic E-state index is -3.63. The smallest absolute Gasteiger partial charge is 0.243 e. The Labute approximate surface area is 193 Å². The second-order valence-electron chi connectivity index (χ2n) is 8.46. The number of piperidine rings is 1. The second-order valence-corrected chi connectivity index (χ2v) is 10.8. The second kappa shape index (κ2) is 9.25. The molecule has 0 bridgehead atoms. The van der Waals surface area contributed by atoms with Crippen LogP contribution in [-0.2, 0) is 14.8 Å². The lowest BCUT2D eigenvalue weighted by molar-refractivity contribution is -0.133. The fourth-order valence-corrected chi connectivity index (χ4v) is 6.07. The van der Waals surface area contributed by atoms with Crippen LogP contribution in [0.15, 0.2) is 41.3 Å². The van der Waals surface area contributed by atoms with Gasteiger partial charge >= 0.3 is 0 Å². The minimum absolute atomic E-state index is 0.0749. The summed E-state index contributed by atoms with van der Waals surface area (Å²) in [4.78, 5) is 16.6. The van der Waals surface area contributed by atoms with Crippen molar-refractivity contribution < 1.29 is 13.2 Å². The molecule has 2 fully saturated rings. The fraction of sp³-hybridized carbons (Fsp3) is 0.455. The highest BCUT2D eigenvalue weighted by Crippen LogP contribution is 2.26. The fourth-order valence-electron chi connectivity index (χ4n) is 4.44. The van der Waals surface area contributed by atoms with E-state index in [1.807, 2.05) is 17.0 Å². The van der Waals surface area contributed by atoms with E-state index >= 15 is 0 Å². The van der Waals surface area contributed by atoms with E-state index in [0.29, 0.717) is 37.6 Å². The van der Waals surface area contributed by atoms with Crippen LogP contribution in [0.4, 0.5) is 0 Å². The number of hydrogen-bond acceptors (Lipinski definition) is 4. The average Bonchev–Trinajstić information content (AvgIpc) is 2.79. The van der Waals surface area contributed by atoms with Crippen LogP contribution in [0.3, 0.4) is 0 Å². The summed E-state index contributed by atoms with van der Waals surface area (Å²) < 4.78 is 27.7. The van der Waals surface area contributed by atoms with Gasteiger partial charge in [-0.3, -0.25) is 10.2 Å². The average molecular weight is 478 g/mol. The number of fused-ring (bicyclic) bond motifs is 1. The van der Waals surface area contributed by atoms with Crippen LogP contribution in [0.2, 0.25) is 5.02 Å². The number of guanidine groups is 1. The SMILES string of the molecule is N=C(N)N1CCC(CC(=O)N2CCN(S(=O)(=O)c3ccc4cc(Cl)ccc4c3)CC2)CC1. The van der Waals surface area contributed by atoms with Crippen LogP contribution in [-0.4, -0.2) is 73.7 Å². The maximum absolute atomic E-state index is 13.1. The Balaban J connectivity index is 1.34. The molecule has 172 valence electrons. The van der Waals surface area contributed by atoms with Crippen molar-refractivity contribution in [1.82, 2.24) is 14.1 Å². The Hall–Kier alpha value is -2.36. The summed E-state index contributed by atoms with van der Waals surface area (Å²) in [5, 5.41) is 9.82. The zero-order valence-corrected chi connectivity index (χ0v) is 19.4. The number of halogens is 1. The molecule has 0 saturated carbocycles. The zero-order chi connectivity index (χ0) is 22.9. The van der Waals surface area contributed by atoms with E-state index in [1.165, 1.54) is 4.31 Å². The van der Waals surface area contributed by atoms with Gasteiger partial charge in [-0.15, -0.1) is 0 Å². The maximum Gasteiger partial charge on any atom is 0.243 e. The largest absolute Gasteiger partial charge is 0.370 e. The first-order valence-corrected chi connectivity index (χ1v) is 12.6. The molecule has 3 N–H and O–H groups in total. The summed E-state index contributed by atoms with van der Waals surface area (Å²) in [7, 11) is -3.63. The first-order valence-electron chi connectivity index (χ1n) is 10.8. The number of nitrogens with one attached hydrogen (secondary N) is 1. The molecule has 2 aliphatic heterocycles. The number of nitrogens with zero attached hydrogens (tertiary/aromatic N) is 3. The lowest BCUT2D eigenvalue weighted by Crippen LogP contribution is -2.51. The summed E-state index contributed by atoms with van der Waals surface area (Å²) in [5.41, 5.74) is 5.53. The van der Waals surface area contributed by atoms with Gasteiger partial charge in [0.15, 0.2) is 5.96 Å². The molecule has 0 aliphatic carbocycles. The molecule has 2 aliphatic rings. The number of rotatable bonds is 4. The van der Waals surface area contributed by atoms with Crippen LogP contribution in [0.25, 0.3) is 10.8 Å². The molecule has 1 amide bonds. The number of hydrogen-bond donors (Lipinski definition) is 2. The highest BCUT2D eigenvalue weighted by molar-refractivity contribution is 7.89. The molecule has 2 aromatic rings. The molecule has 10 heteroatoms. The normalized spacial score (nSPS) is 18.8. The van der Waals surface area contributed by atoms with Crippen molar-refractivity contribution in [2.24, 2.45) is 11.7 Å². The van der Waals surface area contributed by atoms with Crippen LogP contribution in [0, 0.1) is 11.3 Å². The van der Waals surface area contributed by atoms with Gasteiger partial charge in [0.2, 0.25) is 15.9 Å². The summed E-state index contributed by atoms with van der Waals surface area (Å²) in [6.45, 7) is 2.78. The molecule has 2 aromatic carbocycles. The quantitative estimate of drug-likeness (QED) is 0.518. The summed E-state index contributed by atoms with van der Waals surface area (Å²) in [5.74, 6) is 0.444. The van der Waals surface area contributed by atoms with Crippen molar-refractivity contribution in [2.75, 3.05) is 39.3 Å². The van der Waals surface area contributed by atoms with Gasteiger partial charge in [0.25, 0.3) is 0 Å². The molecular formula is C22H28ClN5O3S. The maximum atomic E-state index is 13.1. The number of likely N-dealkylation sites (tertiary alicyclic amines) is 1. The van der Waals surface area contributed by atoms with Crippen molar-refractivity contribution in [1.29, 1.82) is 5.41 Å². The molecule has 4 rings (SSSR count). The van der Waals surface area contributed by atoms with Gasteiger partial charge < -0.3 is 15.5 Å². The highest BCUT2D eigenvalue weighted by Gasteiger charge is 2.31. The standard InChI is InChI=1S/C22H28ClN5O3S/c23-19-3-1-18-15-20(4-2-17(18)14-19)32(30,31)28-11-9-26(10-12-28)21(29)13-16-5-7-27(8-6-16)22(24)25/h1-4,14-16H,5-13H2,(H3,24,25). The van der Waals surface area contributed by atoms with Gasteiger partial charge in [0, 0.05) is 50.7 Å². The molecule has 0 radical (unpaired) electrons. The molecular weight excluding hydrogens is 450 g/mol. The monoisotopic (exact) mass is 477 g/mol. The van der Waals surface area contributed by atoms with E-state index in [-0.39, 0.29) is 35.8 Å². The third-order valence-corrected chi connectivity index (χ3v) is 8.55. The zero-order valence-electron chi connectivity index (χ0n) is 17.8.